The van der Waals surface area contributed by atoms with Gasteiger partial charge in [0.05, 0.1) is 9.88 Å². The van der Waals surface area contributed by atoms with E-state index in [0.29, 0.717) is 31.5 Å². The minimum Gasteiger partial charge on any atom is -0.396 e. The first-order valence-electron chi connectivity index (χ1n) is 10.4. The second-order valence-corrected chi connectivity index (χ2v) is 8.49. The van der Waals surface area contributed by atoms with E-state index >= 15 is 0 Å². The van der Waals surface area contributed by atoms with Crippen LogP contribution in [0.4, 0.5) is 24.8 Å². The minimum atomic E-state index is -4.55. The summed E-state index contributed by atoms with van der Waals surface area (Å²) in [5.41, 5.74) is 1.29. The molecule has 0 fully saturated rings. The molecule has 3 aromatic rings. The Hall–Kier alpha value is -3.05. The molecule has 2 aromatic heterocycles. The van der Waals surface area contributed by atoms with Gasteiger partial charge in [-0.3, -0.25) is 4.79 Å². The van der Waals surface area contributed by atoms with Crippen molar-refractivity contribution in [3.8, 4) is 10.4 Å². The van der Waals surface area contributed by atoms with Gasteiger partial charge in [0.15, 0.2) is 0 Å². The van der Waals surface area contributed by atoms with Gasteiger partial charge in [0.25, 0.3) is 0 Å². The molecule has 3 rings (SSSR count). The van der Waals surface area contributed by atoms with Gasteiger partial charge in [0, 0.05) is 44.1 Å². The molecule has 1 amide bonds. The predicted molar refractivity (Wildman–Crippen MR) is 120 cm³/mol. The van der Waals surface area contributed by atoms with Crippen LogP contribution in [0.1, 0.15) is 35.5 Å². The summed E-state index contributed by atoms with van der Waals surface area (Å²) in [5, 5.41) is 15.2. The van der Waals surface area contributed by atoms with Crippen LogP contribution in [0.15, 0.2) is 36.7 Å². The number of nitrogens with one attached hydrogen (secondary N) is 2. The Morgan fingerprint density at radius 2 is 2.00 bits per heavy atom. The normalized spacial score (nSPS) is 11.4. The van der Waals surface area contributed by atoms with E-state index in [0.717, 1.165) is 39.7 Å². The maximum absolute atomic E-state index is 12.9. The Morgan fingerprint density at radius 3 is 2.76 bits per heavy atom. The number of alkyl halides is 3. The molecular formula is C22H24F3N5O2S. The highest BCUT2D eigenvalue weighted by atomic mass is 32.1. The third kappa shape index (κ3) is 7.50. The monoisotopic (exact) mass is 479 g/mol. The van der Waals surface area contributed by atoms with E-state index in [1.165, 1.54) is 11.3 Å². The van der Waals surface area contributed by atoms with E-state index in [2.05, 4.69) is 25.6 Å². The van der Waals surface area contributed by atoms with Crippen LogP contribution < -0.4 is 10.6 Å². The van der Waals surface area contributed by atoms with Gasteiger partial charge in [-0.25, -0.2) is 15.0 Å². The molecule has 0 aliphatic rings. The first-order chi connectivity index (χ1) is 15.7. The Bertz CT molecular complexity index is 1090. The van der Waals surface area contributed by atoms with Crippen LogP contribution in [0.5, 0.6) is 0 Å². The van der Waals surface area contributed by atoms with Crippen molar-refractivity contribution in [3.05, 3.63) is 52.9 Å². The summed E-state index contributed by atoms with van der Waals surface area (Å²) in [6.07, 6.45) is 0.450. The largest absolute Gasteiger partial charge is 0.433 e. The molecule has 0 atom stereocenters. The maximum Gasteiger partial charge on any atom is 0.433 e. The number of aliphatic hydroxyl groups excluding tert-OH is 1. The molecule has 0 saturated carbocycles. The van der Waals surface area contributed by atoms with E-state index in [1.54, 1.807) is 18.3 Å². The lowest BCUT2D eigenvalue weighted by molar-refractivity contribution is -0.141. The van der Waals surface area contributed by atoms with Crippen molar-refractivity contribution in [3.63, 3.8) is 0 Å². The van der Waals surface area contributed by atoms with Crippen molar-refractivity contribution < 1.29 is 23.1 Å². The van der Waals surface area contributed by atoms with Crippen molar-refractivity contribution >= 4 is 28.9 Å². The molecule has 0 radical (unpaired) electrons. The highest BCUT2D eigenvalue weighted by Gasteiger charge is 2.32. The summed E-state index contributed by atoms with van der Waals surface area (Å²) in [4.78, 5) is 24.6. The first-order valence-corrected chi connectivity index (χ1v) is 11.2. The van der Waals surface area contributed by atoms with Gasteiger partial charge >= 0.3 is 6.18 Å². The lowest BCUT2D eigenvalue weighted by Crippen LogP contribution is -2.24. The highest BCUT2D eigenvalue weighted by Crippen LogP contribution is 2.31. The fourth-order valence-corrected chi connectivity index (χ4v) is 3.94. The summed E-state index contributed by atoms with van der Waals surface area (Å²) in [6, 6.07) is 6.35. The Kier molecular flexibility index (Phi) is 8.34. The molecule has 33 heavy (non-hydrogen) atoms. The van der Waals surface area contributed by atoms with Crippen molar-refractivity contribution in [1.29, 1.82) is 0 Å². The predicted octanol–water partition coefficient (Wildman–Crippen LogP) is 4.49. The fourth-order valence-electron chi connectivity index (χ4n) is 3.04. The number of benzene rings is 1. The molecule has 7 nitrogen and oxygen atoms in total. The molecule has 0 aliphatic carbocycles. The molecule has 2 heterocycles. The van der Waals surface area contributed by atoms with Crippen LogP contribution in [0.3, 0.4) is 0 Å². The number of hydrogen-bond donors (Lipinski definition) is 3. The van der Waals surface area contributed by atoms with Gasteiger partial charge in [-0.05, 0) is 49.1 Å². The zero-order valence-electron chi connectivity index (χ0n) is 17.9. The lowest BCUT2D eigenvalue weighted by atomic mass is 10.1. The fraction of sp³-hybridized carbons (Fsp3) is 0.364. The van der Waals surface area contributed by atoms with Crippen LogP contribution in [0.25, 0.3) is 10.4 Å². The number of carbonyl (C=O) groups is 1. The minimum absolute atomic E-state index is 0.0622. The average Bonchev–Trinajstić information content (AvgIpc) is 3.24. The number of halogens is 3. The topological polar surface area (TPSA) is 100 Å². The van der Waals surface area contributed by atoms with Crippen molar-refractivity contribution in [1.82, 2.24) is 20.3 Å². The summed E-state index contributed by atoms with van der Waals surface area (Å²) in [5.74, 6) is -0.204. The number of nitrogens with zero attached hydrogens (tertiary/aromatic N) is 3. The van der Waals surface area contributed by atoms with Crippen LogP contribution in [-0.2, 0) is 17.4 Å². The van der Waals surface area contributed by atoms with Gasteiger partial charge < -0.3 is 15.7 Å². The molecule has 1 aromatic carbocycles. The summed E-state index contributed by atoms with van der Waals surface area (Å²) >= 11 is 1.46. The maximum atomic E-state index is 12.9. The third-order valence-corrected chi connectivity index (χ3v) is 5.70. The quantitative estimate of drug-likeness (QED) is 0.371. The lowest BCUT2D eigenvalue weighted by Gasteiger charge is -2.10. The SMILES string of the molecule is Cc1cc(Nc2nccc(C(F)(F)F)n2)cc(-c2cnc(CCC(=O)NCCCCO)s2)c1. The molecule has 0 saturated heterocycles. The molecule has 0 spiro atoms. The molecule has 3 N–H and O–H groups in total. The molecular weight excluding hydrogens is 455 g/mol. The number of unbranched alkanes of at least 4 members (excludes halogenated alkanes) is 1. The van der Waals surface area contributed by atoms with E-state index in [-0.39, 0.29) is 18.5 Å². The smallest absolute Gasteiger partial charge is 0.396 e. The molecule has 0 bridgehead atoms. The molecule has 11 heteroatoms. The van der Waals surface area contributed by atoms with Crippen LogP contribution in [0, 0.1) is 6.92 Å². The van der Waals surface area contributed by atoms with Crippen LogP contribution >= 0.6 is 11.3 Å². The number of rotatable bonds is 10. The first kappa shape index (κ1) is 24.6. The Labute approximate surface area is 193 Å². The number of hydrogen-bond acceptors (Lipinski definition) is 7. The van der Waals surface area contributed by atoms with Gasteiger partial charge in [-0.2, -0.15) is 13.2 Å². The number of aromatic nitrogens is 3. The van der Waals surface area contributed by atoms with E-state index in [9.17, 15) is 18.0 Å². The number of aliphatic hydroxyl groups is 1. The van der Waals surface area contributed by atoms with Gasteiger partial charge in [-0.15, -0.1) is 11.3 Å². The number of amides is 1. The zero-order chi connectivity index (χ0) is 23.8. The third-order valence-electron chi connectivity index (χ3n) is 4.59. The Morgan fingerprint density at radius 1 is 1.18 bits per heavy atom. The van der Waals surface area contributed by atoms with Gasteiger partial charge in [0.2, 0.25) is 11.9 Å². The summed E-state index contributed by atoms with van der Waals surface area (Å²) in [7, 11) is 0. The van der Waals surface area contributed by atoms with E-state index < -0.39 is 11.9 Å². The van der Waals surface area contributed by atoms with Crippen LogP contribution in [0.2, 0.25) is 0 Å². The molecule has 0 unspecified atom stereocenters. The van der Waals surface area contributed by atoms with E-state index in [1.807, 2.05) is 13.0 Å². The van der Waals surface area contributed by atoms with Crippen molar-refractivity contribution in [2.45, 2.75) is 38.8 Å². The number of carbonyl (C=O) groups excluding carboxylic acids is 1. The second kappa shape index (κ2) is 11.2. The number of aryl methyl sites for hydroxylation is 2. The van der Waals surface area contributed by atoms with Crippen LogP contribution in [-0.4, -0.2) is 39.1 Å². The second-order valence-electron chi connectivity index (χ2n) is 7.37. The van der Waals surface area contributed by atoms with Crippen molar-refractivity contribution in [2.24, 2.45) is 0 Å². The van der Waals surface area contributed by atoms with E-state index in [4.69, 9.17) is 5.11 Å². The summed E-state index contributed by atoms with van der Waals surface area (Å²) in [6.45, 7) is 2.53. The van der Waals surface area contributed by atoms with Gasteiger partial charge in [0.1, 0.15) is 5.69 Å². The van der Waals surface area contributed by atoms with Gasteiger partial charge in [-0.1, -0.05) is 6.07 Å². The number of anilines is 2. The highest BCUT2D eigenvalue weighted by molar-refractivity contribution is 7.15. The number of thiazole rings is 1. The molecule has 0 aliphatic heterocycles. The molecule has 176 valence electrons. The van der Waals surface area contributed by atoms with Crippen molar-refractivity contribution in [2.75, 3.05) is 18.5 Å². The zero-order valence-corrected chi connectivity index (χ0v) is 18.8. The summed E-state index contributed by atoms with van der Waals surface area (Å²) < 4.78 is 38.7. The average molecular weight is 480 g/mol. The standard InChI is InChI=1S/C22H24F3N5O2S/c1-14-10-15(12-16(11-14)29-21-27-8-6-18(30-21)22(23,24)25)17-13-28-20(33-17)5-4-19(32)26-7-2-3-9-31/h6,8,10-13,31H,2-5,7,9H2,1H3,(H,26,32)(H,27,29,30). The Balaban J connectivity index is 1.65.